The van der Waals surface area contributed by atoms with Crippen molar-refractivity contribution >= 4 is 38.8 Å². The van der Waals surface area contributed by atoms with Crippen LogP contribution in [0.25, 0.3) is 10.2 Å². The van der Waals surface area contributed by atoms with Crippen LogP contribution in [0.2, 0.25) is 0 Å². The first-order valence-corrected chi connectivity index (χ1v) is 10.1. The fourth-order valence-corrected chi connectivity index (χ4v) is 4.51. The summed E-state index contributed by atoms with van der Waals surface area (Å²) in [6.07, 6.45) is 3.53. The Morgan fingerprint density at radius 2 is 2.23 bits per heavy atom. The van der Waals surface area contributed by atoms with Gasteiger partial charge >= 0.3 is 0 Å². The highest BCUT2D eigenvalue weighted by atomic mass is 32.1. The summed E-state index contributed by atoms with van der Waals surface area (Å²) in [5.41, 5.74) is 0.910. The van der Waals surface area contributed by atoms with E-state index in [1.165, 1.54) is 15.9 Å². The first-order valence-electron chi connectivity index (χ1n) is 8.37. The van der Waals surface area contributed by atoms with Crippen molar-refractivity contribution < 1.29 is 4.79 Å². The number of hydrogen-bond acceptors (Lipinski definition) is 5. The molecule has 5 nitrogen and oxygen atoms in total. The molecule has 0 aromatic carbocycles. The summed E-state index contributed by atoms with van der Waals surface area (Å²) in [6, 6.07) is 3.99. The van der Waals surface area contributed by atoms with Crippen LogP contribution in [0.5, 0.6) is 0 Å². The Morgan fingerprint density at radius 3 is 2.92 bits per heavy atom. The summed E-state index contributed by atoms with van der Waals surface area (Å²) in [7, 11) is 0. The number of aromatic nitrogens is 2. The number of aryl methyl sites for hydroxylation is 3. The molecule has 0 aliphatic carbocycles. The molecule has 26 heavy (non-hydrogen) atoms. The molecule has 0 saturated heterocycles. The minimum absolute atomic E-state index is 0.00326. The third-order valence-electron chi connectivity index (χ3n) is 4.35. The van der Waals surface area contributed by atoms with Gasteiger partial charge in [-0.3, -0.25) is 14.2 Å². The van der Waals surface area contributed by atoms with Crippen LogP contribution in [0.1, 0.15) is 21.7 Å². The van der Waals surface area contributed by atoms with Gasteiger partial charge in [-0.2, -0.15) is 0 Å². The van der Waals surface area contributed by atoms with Gasteiger partial charge in [0.15, 0.2) is 0 Å². The van der Waals surface area contributed by atoms with E-state index in [0.717, 1.165) is 20.1 Å². The average Bonchev–Trinajstić information content (AvgIpc) is 3.22. The molecule has 0 N–H and O–H groups in total. The fourth-order valence-electron chi connectivity index (χ4n) is 2.80. The maximum atomic E-state index is 12.7. The highest BCUT2D eigenvalue weighted by Crippen LogP contribution is 2.25. The van der Waals surface area contributed by atoms with Crippen LogP contribution in [0, 0.1) is 13.8 Å². The zero-order valence-electron chi connectivity index (χ0n) is 14.9. The zero-order valence-corrected chi connectivity index (χ0v) is 16.5. The van der Waals surface area contributed by atoms with E-state index < -0.39 is 0 Å². The minimum atomic E-state index is -0.0711. The quantitative estimate of drug-likeness (QED) is 0.580. The van der Waals surface area contributed by atoms with Crippen molar-refractivity contribution in [3.63, 3.8) is 0 Å². The number of carbonyl (C=O) groups is 1. The van der Waals surface area contributed by atoms with Crippen molar-refractivity contribution in [2.24, 2.45) is 0 Å². The van der Waals surface area contributed by atoms with Crippen LogP contribution in [0.3, 0.4) is 0 Å². The Labute approximate surface area is 160 Å². The number of fused-ring (bicyclic) bond motifs is 1. The average molecular weight is 388 g/mol. The number of amides is 1. The number of rotatable bonds is 7. The minimum Gasteiger partial charge on any atom is -0.334 e. The molecule has 0 fully saturated rings. The van der Waals surface area contributed by atoms with Gasteiger partial charge in [-0.05, 0) is 30.9 Å². The van der Waals surface area contributed by atoms with Crippen LogP contribution in [-0.2, 0) is 17.9 Å². The molecular formula is C19H21N3O2S2. The van der Waals surface area contributed by atoms with Gasteiger partial charge in [-0.1, -0.05) is 12.1 Å². The molecule has 1 amide bonds. The summed E-state index contributed by atoms with van der Waals surface area (Å²) in [5, 5.41) is 2.67. The lowest BCUT2D eigenvalue weighted by atomic mass is 10.2. The van der Waals surface area contributed by atoms with E-state index in [-0.39, 0.29) is 17.9 Å². The molecule has 0 saturated carbocycles. The molecule has 0 bridgehead atoms. The van der Waals surface area contributed by atoms with Gasteiger partial charge < -0.3 is 4.90 Å². The smallest absolute Gasteiger partial charge is 0.262 e. The summed E-state index contributed by atoms with van der Waals surface area (Å²) in [4.78, 5) is 34.5. The number of hydrogen-bond donors (Lipinski definition) is 0. The van der Waals surface area contributed by atoms with Crippen molar-refractivity contribution in [3.8, 4) is 0 Å². The second-order valence-corrected chi connectivity index (χ2v) is 8.33. The normalized spacial score (nSPS) is 11.0. The van der Waals surface area contributed by atoms with E-state index in [0.29, 0.717) is 25.0 Å². The Balaban J connectivity index is 1.74. The zero-order chi connectivity index (χ0) is 18.7. The van der Waals surface area contributed by atoms with Crippen LogP contribution >= 0.6 is 22.7 Å². The Morgan fingerprint density at radius 1 is 1.42 bits per heavy atom. The van der Waals surface area contributed by atoms with Gasteiger partial charge in [-0.15, -0.1) is 29.3 Å². The molecule has 0 aliphatic rings. The summed E-state index contributed by atoms with van der Waals surface area (Å²) < 4.78 is 1.54. The van der Waals surface area contributed by atoms with Gasteiger partial charge in [0.2, 0.25) is 5.91 Å². The SMILES string of the molecule is C=CCN(Cc1cccs1)C(=O)CCn1cnc2sc(C)c(C)c2c1=O. The molecule has 0 spiro atoms. The Kier molecular flexibility index (Phi) is 5.68. The van der Waals surface area contributed by atoms with Crippen molar-refractivity contribution in [1.82, 2.24) is 14.5 Å². The van der Waals surface area contributed by atoms with E-state index in [4.69, 9.17) is 0 Å². The lowest BCUT2D eigenvalue weighted by Crippen LogP contribution is -2.32. The summed E-state index contributed by atoms with van der Waals surface area (Å²) in [6.45, 7) is 9.06. The first kappa shape index (κ1) is 18.5. The lowest BCUT2D eigenvalue weighted by Gasteiger charge is -2.20. The monoisotopic (exact) mass is 387 g/mol. The molecular weight excluding hydrogens is 366 g/mol. The molecule has 0 radical (unpaired) electrons. The molecule has 0 unspecified atom stereocenters. The van der Waals surface area contributed by atoms with Gasteiger partial charge in [0.05, 0.1) is 18.3 Å². The molecule has 3 aromatic heterocycles. The second kappa shape index (κ2) is 7.97. The van der Waals surface area contributed by atoms with E-state index in [1.807, 2.05) is 31.4 Å². The number of carbonyl (C=O) groups excluding carboxylic acids is 1. The third kappa shape index (κ3) is 3.78. The van der Waals surface area contributed by atoms with Crippen LogP contribution in [-0.4, -0.2) is 26.9 Å². The summed E-state index contributed by atoms with van der Waals surface area (Å²) >= 11 is 3.15. The Bertz CT molecular complexity index is 986. The second-order valence-electron chi connectivity index (χ2n) is 6.10. The van der Waals surface area contributed by atoms with E-state index in [9.17, 15) is 9.59 Å². The molecule has 3 heterocycles. The standard InChI is InChI=1S/C19H21N3O2S2/c1-4-8-21(11-15-6-5-10-25-15)16(23)7-9-22-12-20-18-17(19(22)24)13(2)14(3)26-18/h4-6,10,12H,1,7-9,11H2,2-3H3. The molecule has 0 atom stereocenters. The van der Waals surface area contributed by atoms with Crippen LogP contribution in [0.4, 0.5) is 0 Å². The van der Waals surface area contributed by atoms with E-state index in [2.05, 4.69) is 11.6 Å². The van der Waals surface area contributed by atoms with Crippen molar-refractivity contribution in [2.75, 3.05) is 6.54 Å². The van der Waals surface area contributed by atoms with Gasteiger partial charge in [0.25, 0.3) is 5.56 Å². The molecule has 3 aromatic rings. The molecule has 136 valence electrons. The predicted molar refractivity (Wildman–Crippen MR) is 108 cm³/mol. The first-order chi connectivity index (χ1) is 12.5. The topological polar surface area (TPSA) is 55.2 Å². The maximum Gasteiger partial charge on any atom is 0.262 e. The molecule has 3 rings (SSSR count). The molecule has 0 aliphatic heterocycles. The van der Waals surface area contributed by atoms with Gasteiger partial charge in [-0.25, -0.2) is 4.98 Å². The maximum absolute atomic E-state index is 12.7. The van der Waals surface area contributed by atoms with Crippen LogP contribution < -0.4 is 5.56 Å². The van der Waals surface area contributed by atoms with Crippen LogP contribution in [0.15, 0.2) is 41.3 Å². The van der Waals surface area contributed by atoms with Crippen molar-refractivity contribution in [2.45, 2.75) is 33.4 Å². The predicted octanol–water partition coefficient (Wildman–Crippen LogP) is 3.74. The van der Waals surface area contributed by atoms with Crippen molar-refractivity contribution in [3.05, 3.63) is 62.2 Å². The van der Waals surface area contributed by atoms with E-state index in [1.54, 1.807) is 28.6 Å². The fraction of sp³-hybridized carbons (Fsp3) is 0.316. The number of thiophene rings is 2. The molecule has 7 heteroatoms. The highest BCUT2D eigenvalue weighted by molar-refractivity contribution is 7.18. The van der Waals surface area contributed by atoms with Crippen molar-refractivity contribution in [1.29, 1.82) is 0 Å². The lowest BCUT2D eigenvalue weighted by molar-refractivity contribution is -0.131. The largest absolute Gasteiger partial charge is 0.334 e. The Hall–Kier alpha value is -2.25. The van der Waals surface area contributed by atoms with Gasteiger partial charge in [0, 0.05) is 29.3 Å². The third-order valence-corrected chi connectivity index (χ3v) is 6.33. The van der Waals surface area contributed by atoms with Gasteiger partial charge in [0.1, 0.15) is 4.83 Å². The summed E-state index contributed by atoms with van der Waals surface area (Å²) in [5.74, 6) is 0.00326. The number of nitrogens with zero attached hydrogens (tertiary/aromatic N) is 3. The van der Waals surface area contributed by atoms with E-state index >= 15 is 0 Å². The highest BCUT2D eigenvalue weighted by Gasteiger charge is 2.16.